The Morgan fingerprint density at radius 1 is 1.64 bits per heavy atom. The first kappa shape index (κ1) is 8.53. The Kier molecular flexibility index (Phi) is 2.88. The first-order chi connectivity index (χ1) is 5.18. The predicted octanol–water partition coefficient (Wildman–Crippen LogP) is 1.42. The molecular weight excluding hydrogens is 144 g/mol. The number of carbonyl (C=O) groups is 1. The highest BCUT2D eigenvalue weighted by molar-refractivity contribution is 5.67. The van der Waals surface area contributed by atoms with Crippen molar-refractivity contribution in [2.24, 2.45) is 0 Å². The van der Waals surface area contributed by atoms with Gasteiger partial charge >= 0.3 is 5.97 Å². The van der Waals surface area contributed by atoms with E-state index < -0.39 is 5.97 Å². The number of hydrogen-bond acceptors (Lipinski definition) is 2. The minimum atomic E-state index is -0.760. The van der Waals surface area contributed by atoms with Gasteiger partial charge in [-0.3, -0.25) is 4.79 Å². The van der Waals surface area contributed by atoms with Crippen LogP contribution in [0.5, 0.6) is 0 Å². The van der Waals surface area contributed by atoms with E-state index in [1.807, 2.05) is 6.92 Å². The zero-order chi connectivity index (χ0) is 8.27. The molecule has 3 heteroatoms. The molecule has 0 saturated carbocycles. The number of carboxylic acid groups (broad SMARTS) is 1. The summed E-state index contributed by atoms with van der Waals surface area (Å²) in [4.78, 5) is 10.3. The minimum Gasteiger partial charge on any atom is -0.481 e. The van der Waals surface area contributed by atoms with Gasteiger partial charge in [0.2, 0.25) is 0 Å². The van der Waals surface area contributed by atoms with Crippen LogP contribution in [0.4, 0.5) is 0 Å². The van der Waals surface area contributed by atoms with Crippen molar-refractivity contribution in [2.75, 3.05) is 0 Å². The van der Waals surface area contributed by atoms with Crippen molar-refractivity contribution in [1.29, 1.82) is 0 Å². The Labute approximate surface area is 66.4 Å². The van der Waals surface area contributed by atoms with Gasteiger partial charge in [0, 0.05) is 0 Å². The van der Waals surface area contributed by atoms with Gasteiger partial charge < -0.3 is 9.84 Å². The quantitative estimate of drug-likeness (QED) is 0.661. The third-order valence-electron chi connectivity index (χ3n) is 1.96. The zero-order valence-corrected chi connectivity index (χ0v) is 6.75. The number of carboxylic acids is 1. The van der Waals surface area contributed by atoms with Crippen LogP contribution in [-0.4, -0.2) is 23.3 Å². The molecule has 0 unspecified atom stereocenters. The minimum absolute atomic E-state index is 0.0451. The molecule has 11 heavy (non-hydrogen) atoms. The lowest BCUT2D eigenvalue weighted by molar-refractivity contribution is -0.142. The predicted molar refractivity (Wildman–Crippen MR) is 40.4 cm³/mol. The van der Waals surface area contributed by atoms with Gasteiger partial charge in [-0.25, -0.2) is 0 Å². The average Bonchev–Trinajstić information content (AvgIpc) is 1.85. The molecule has 0 radical (unpaired) electrons. The van der Waals surface area contributed by atoms with Crippen molar-refractivity contribution in [1.82, 2.24) is 0 Å². The Hall–Kier alpha value is -0.570. The monoisotopic (exact) mass is 158 g/mol. The summed E-state index contributed by atoms with van der Waals surface area (Å²) in [5.74, 6) is -0.760. The van der Waals surface area contributed by atoms with Crippen LogP contribution in [0, 0.1) is 0 Å². The van der Waals surface area contributed by atoms with Crippen LogP contribution in [0.2, 0.25) is 0 Å². The molecule has 64 valence electrons. The number of hydrogen-bond donors (Lipinski definition) is 1. The first-order valence-corrected chi connectivity index (χ1v) is 4.05. The summed E-state index contributed by atoms with van der Waals surface area (Å²) in [5.41, 5.74) is 0. The largest absolute Gasteiger partial charge is 0.481 e. The van der Waals surface area contributed by atoms with E-state index in [9.17, 15) is 4.79 Å². The Balaban J connectivity index is 2.28. The van der Waals surface area contributed by atoms with Gasteiger partial charge in [-0.05, 0) is 26.2 Å². The molecule has 1 rings (SSSR count). The van der Waals surface area contributed by atoms with Crippen molar-refractivity contribution in [3.8, 4) is 0 Å². The topological polar surface area (TPSA) is 46.5 Å². The highest BCUT2D eigenvalue weighted by Crippen LogP contribution is 2.20. The van der Waals surface area contributed by atoms with Gasteiger partial charge in [0.25, 0.3) is 0 Å². The van der Waals surface area contributed by atoms with E-state index >= 15 is 0 Å². The van der Waals surface area contributed by atoms with Gasteiger partial charge in [-0.2, -0.15) is 0 Å². The van der Waals surface area contributed by atoms with Crippen LogP contribution in [-0.2, 0) is 9.53 Å². The Bertz CT molecular complexity index is 144. The summed E-state index contributed by atoms with van der Waals surface area (Å²) in [6.45, 7) is 1.99. The van der Waals surface area contributed by atoms with Crippen molar-refractivity contribution in [3.05, 3.63) is 0 Å². The van der Waals surface area contributed by atoms with Crippen LogP contribution in [0.3, 0.4) is 0 Å². The second-order valence-corrected chi connectivity index (χ2v) is 3.10. The number of ether oxygens (including phenoxy) is 1. The molecular formula is C8H14O3. The molecule has 1 heterocycles. The van der Waals surface area contributed by atoms with Crippen molar-refractivity contribution in [3.63, 3.8) is 0 Å². The zero-order valence-electron chi connectivity index (χ0n) is 6.75. The first-order valence-electron chi connectivity index (χ1n) is 4.05. The van der Waals surface area contributed by atoms with E-state index in [1.54, 1.807) is 0 Å². The normalized spacial score (nSPS) is 31.7. The number of aliphatic carboxylic acids is 1. The van der Waals surface area contributed by atoms with Crippen molar-refractivity contribution in [2.45, 2.75) is 44.8 Å². The molecule has 1 fully saturated rings. The maximum Gasteiger partial charge on any atom is 0.305 e. The summed E-state index contributed by atoms with van der Waals surface area (Å²) >= 11 is 0. The summed E-state index contributed by atoms with van der Waals surface area (Å²) in [6, 6.07) is 0. The fraction of sp³-hybridized carbons (Fsp3) is 0.875. The maximum absolute atomic E-state index is 10.3. The van der Waals surface area contributed by atoms with E-state index in [-0.39, 0.29) is 18.6 Å². The Morgan fingerprint density at radius 3 is 2.91 bits per heavy atom. The molecule has 0 aliphatic carbocycles. The lowest BCUT2D eigenvalue weighted by Gasteiger charge is -2.26. The van der Waals surface area contributed by atoms with Crippen LogP contribution >= 0.6 is 0 Å². The molecule has 0 aromatic carbocycles. The smallest absolute Gasteiger partial charge is 0.305 e. The molecule has 0 amide bonds. The molecule has 1 aliphatic rings. The van der Waals surface area contributed by atoms with E-state index in [4.69, 9.17) is 9.84 Å². The van der Waals surface area contributed by atoms with Crippen molar-refractivity contribution < 1.29 is 14.6 Å². The van der Waals surface area contributed by atoms with E-state index in [0.717, 1.165) is 19.3 Å². The molecule has 1 N–H and O–H groups in total. The average molecular weight is 158 g/mol. The van der Waals surface area contributed by atoms with E-state index in [1.165, 1.54) is 0 Å². The molecule has 2 atom stereocenters. The molecule has 0 aromatic rings. The SMILES string of the molecule is C[C@@H]1CCC[C@H](CC(=O)O)O1. The van der Waals surface area contributed by atoms with E-state index in [0.29, 0.717) is 0 Å². The van der Waals surface area contributed by atoms with Gasteiger partial charge in [0.05, 0.1) is 18.6 Å². The molecule has 3 nitrogen and oxygen atoms in total. The van der Waals surface area contributed by atoms with Crippen LogP contribution < -0.4 is 0 Å². The van der Waals surface area contributed by atoms with Crippen LogP contribution in [0.1, 0.15) is 32.6 Å². The maximum atomic E-state index is 10.3. The molecule has 1 aliphatic heterocycles. The highest BCUT2D eigenvalue weighted by Gasteiger charge is 2.20. The lowest BCUT2D eigenvalue weighted by atomic mass is 10.0. The third-order valence-corrected chi connectivity index (χ3v) is 1.96. The number of rotatable bonds is 2. The summed E-state index contributed by atoms with van der Waals surface area (Å²) in [5, 5.41) is 8.47. The van der Waals surface area contributed by atoms with Crippen molar-refractivity contribution >= 4 is 5.97 Å². The van der Waals surface area contributed by atoms with Crippen LogP contribution in [0.25, 0.3) is 0 Å². The second kappa shape index (κ2) is 3.72. The van der Waals surface area contributed by atoms with Gasteiger partial charge in [0.1, 0.15) is 0 Å². The molecule has 0 bridgehead atoms. The van der Waals surface area contributed by atoms with Gasteiger partial charge in [-0.15, -0.1) is 0 Å². The molecule has 0 aromatic heterocycles. The van der Waals surface area contributed by atoms with Gasteiger partial charge in [-0.1, -0.05) is 0 Å². The standard InChI is InChI=1S/C8H14O3/c1-6-3-2-4-7(11-6)5-8(9)10/h6-7H,2-5H2,1H3,(H,9,10)/t6-,7-/m1/s1. The molecule has 0 spiro atoms. The van der Waals surface area contributed by atoms with Gasteiger partial charge in [0.15, 0.2) is 0 Å². The summed E-state index contributed by atoms with van der Waals surface area (Å²) < 4.78 is 5.42. The van der Waals surface area contributed by atoms with E-state index in [2.05, 4.69) is 0 Å². The molecule has 1 saturated heterocycles. The highest BCUT2D eigenvalue weighted by atomic mass is 16.5. The Morgan fingerprint density at radius 2 is 2.36 bits per heavy atom. The summed E-state index contributed by atoms with van der Waals surface area (Å²) in [7, 11) is 0. The van der Waals surface area contributed by atoms with Crippen LogP contribution in [0.15, 0.2) is 0 Å². The fourth-order valence-corrected chi connectivity index (χ4v) is 1.44. The summed E-state index contributed by atoms with van der Waals surface area (Å²) in [6.07, 6.45) is 3.42. The second-order valence-electron chi connectivity index (χ2n) is 3.10. The third kappa shape index (κ3) is 2.89. The lowest BCUT2D eigenvalue weighted by Crippen LogP contribution is -2.27. The fourth-order valence-electron chi connectivity index (χ4n) is 1.44.